The van der Waals surface area contributed by atoms with Crippen LogP contribution in [0.4, 0.5) is 0 Å². The van der Waals surface area contributed by atoms with Gasteiger partial charge in [-0.1, -0.05) is 58.4 Å². The van der Waals surface area contributed by atoms with Crippen molar-refractivity contribution in [3.05, 3.63) is 50.3 Å². The number of rotatable bonds is 3. The summed E-state index contributed by atoms with van der Waals surface area (Å²) in [5.41, 5.74) is 3.01. The second-order valence-electron chi connectivity index (χ2n) is 6.25. The van der Waals surface area contributed by atoms with Crippen molar-refractivity contribution in [1.29, 1.82) is 0 Å². The van der Waals surface area contributed by atoms with Gasteiger partial charge in [0.05, 0.1) is 5.69 Å². The first-order chi connectivity index (χ1) is 9.82. The van der Waals surface area contributed by atoms with Crippen LogP contribution in [-0.2, 0) is 11.8 Å². The number of H-pyrrole nitrogens is 1. The summed E-state index contributed by atoms with van der Waals surface area (Å²) in [7, 11) is 0. The summed E-state index contributed by atoms with van der Waals surface area (Å²) in [6.45, 7) is 8.62. The van der Waals surface area contributed by atoms with Crippen molar-refractivity contribution in [3.8, 4) is 11.4 Å². The zero-order valence-corrected chi connectivity index (χ0v) is 14.5. The van der Waals surface area contributed by atoms with Crippen LogP contribution in [0.25, 0.3) is 11.4 Å². The maximum atomic E-state index is 12.0. The molecule has 2 rings (SSSR count). The molecular formula is C17H21BrN2O. The van der Waals surface area contributed by atoms with E-state index in [4.69, 9.17) is 0 Å². The van der Waals surface area contributed by atoms with Gasteiger partial charge in [0, 0.05) is 5.56 Å². The van der Waals surface area contributed by atoms with Gasteiger partial charge in [-0.3, -0.25) is 4.79 Å². The van der Waals surface area contributed by atoms with Gasteiger partial charge in [-0.25, -0.2) is 4.98 Å². The number of halogens is 1. The van der Waals surface area contributed by atoms with E-state index in [2.05, 4.69) is 65.7 Å². The normalized spacial score (nSPS) is 11.7. The van der Waals surface area contributed by atoms with Crippen molar-refractivity contribution in [1.82, 2.24) is 9.97 Å². The summed E-state index contributed by atoms with van der Waals surface area (Å²) in [5, 5.41) is 0. The number of aromatic nitrogens is 2. The minimum atomic E-state index is -0.122. The molecule has 2 aromatic rings. The zero-order valence-electron chi connectivity index (χ0n) is 13.0. The molecular weight excluding hydrogens is 328 g/mol. The van der Waals surface area contributed by atoms with Gasteiger partial charge in [-0.05, 0) is 33.3 Å². The molecule has 0 fully saturated rings. The molecule has 0 spiro atoms. The Morgan fingerprint density at radius 1 is 1.19 bits per heavy atom. The molecule has 0 amide bonds. The fourth-order valence-corrected chi connectivity index (χ4v) is 2.56. The summed E-state index contributed by atoms with van der Waals surface area (Å²) in [4.78, 5) is 19.4. The summed E-state index contributed by atoms with van der Waals surface area (Å²) >= 11 is 3.32. The monoisotopic (exact) mass is 348 g/mol. The van der Waals surface area contributed by atoms with Gasteiger partial charge in [0.1, 0.15) is 10.3 Å². The van der Waals surface area contributed by atoms with Gasteiger partial charge in [0.15, 0.2) is 0 Å². The number of hydrogen-bond donors (Lipinski definition) is 1. The van der Waals surface area contributed by atoms with Gasteiger partial charge in [0.2, 0.25) is 0 Å². The Labute approximate surface area is 134 Å². The highest BCUT2D eigenvalue weighted by Gasteiger charge is 2.14. The Bertz CT molecular complexity index is 681. The van der Waals surface area contributed by atoms with E-state index in [-0.39, 0.29) is 11.0 Å². The highest BCUT2D eigenvalue weighted by atomic mass is 79.9. The quantitative estimate of drug-likeness (QED) is 0.890. The van der Waals surface area contributed by atoms with E-state index in [0.717, 1.165) is 24.1 Å². The molecule has 0 aliphatic carbocycles. The van der Waals surface area contributed by atoms with Crippen LogP contribution < -0.4 is 5.56 Å². The predicted octanol–water partition coefficient (Wildman–Crippen LogP) is 4.45. The molecule has 4 heteroatoms. The maximum Gasteiger partial charge on any atom is 0.265 e. The standard InChI is InChI=1S/C17H21BrN2O/c1-5-6-13-14(18)16(21)20-15(19-13)11-7-9-12(10-8-11)17(2,3)4/h7-10H,5-6H2,1-4H3,(H,19,20,21). The smallest absolute Gasteiger partial charge is 0.265 e. The van der Waals surface area contributed by atoms with Crippen LogP contribution in [0.3, 0.4) is 0 Å². The molecule has 0 aliphatic rings. The van der Waals surface area contributed by atoms with E-state index in [1.54, 1.807) is 0 Å². The molecule has 112 valence electrons. The number of nitrogens with zero attached hydrogens (tertiary/aromatic N) is 1. The van der Waals surface area contributed by atoms with E-state index in [9.17, 15) is 4.79 Å². The van der Waals surface area contributed by atoms with Crippen molar-refractivity contribution < 1.29 is 0 Å². The lowest BCUT2D eigenvalue weighted by Gasteiger charge is -2.19. The van der Waals surface area contributed by atoms with Crippen molar-refractivity contribution in [3.63, 3.8) is 0 Å². The van der Waals surface area contributed by atoms with E-state index in [0.29, 0.717) is 10.3 Å². The largest absolute Gasteiger partial charge is 0.306 e. The van der Waals surface area contributed by atoms with Crippen molar-refractivity contribution in [2.45, 2.75) is 46.0 Å². The Hall–Kier alpha value is -1.42. The molecule has 1 heterocycles. The second-order valence-corrected chi connectivity index (χ2v) is 7.05. The van der Waals surface area contributed by atoms with Crippen LogP contribution in [0.5, 0.6) is 0 Å². The average molecular weight is 349 g/mol. The SMILES string of the molecule is CCCc1nc(-c2ccc(C(C)(C)C)cc2)[nH]c(=O)c1Br. The third-order valence-electron chi connectivity index (χ3n) is 3.44. The highest BCUT2D eigenvalue weighted by molar-refractivity contribution is 9.10. The molecule has 0 atom stereocenters. The molecule has 0 unspecified atom stereocenters. The van der Waals surface area contributed by atoms with E-state index < -0.39 is 0 Å². The fraction of sp³-hybridized carbons (Fsp3) is 0.412. The molecule has 1 aromatic heterocycles. The lowest BCUT2D eigenvalue weighted by atomic mass is 9.87. The average Bonchev–Trinajstić information content (AvgIpc) is 2.43. The summed E-state index contributed by atoms with van der Waals surface area (Å²) in [5.74, 6) is 0.632. The number of aromatic amines is 1. The van der Waals surface area contributed by atoms with Gasteiger partial charge >= 0.3 is 0 Å². The predicted molar refractivity (Wildman–Crippen MR) is 90.7 cm³/mol. The Morgan fingerprint density at radius 3 is 2.33 bits per heavy atom. The molecule has 0 saturated carbocycles. The Morgan fingerprint density at radius 2 is 1.81 bits per heavy atom. The molecule has 0 saturated heterocycles. The molecule has 0 aliphatic heterocycles. The lowest BCUT2D eigenvalue weighted by molar-refractivity contribution is 0.590. The highest BCUT2D eigenvalue weighted by Crippen LogP contribution is 2.25. The first-order valence-corrected chi connectivity index (χ1v) is 8.02. The molecule has 21 heavy (non-hydrogen) atoms. The number of benzene rings is 1. The third kappa shape index (κ3) is 3.62. The van der Waals surface area contributed by atoms with Crippen molar-refractivity contribution in [2.24, 2.45) is 0 Å². The van der Waals surface area contributed by atoms with Gasteiger partial charge in [0.25, 0.3) is 5.56 Å². The minimum absolute atomic E-state index is 0.118. The summed E-state index contributed by atoms with van der Waals surface area (Å²) < 4.78 is 0.541. The van der Waals surface area contributed by atoms with Crippen molar-refractivity contribution >= 4 is 15.9 Å². The zero-order chi connectivity index (χ0) is 15.6. The topological polar surface area (TPSA) is 45.8 Å². The number of nitrogens with one attached hydrogen (secondary N) is 1. The minimum Gasteiger partial charge on any atom is -0.306 e. The fourth-order valence-electron chi connectivity index (χ4n) is 2.17. The Balaban J connectivity index is 2.45. The first-order valence-electron chi connectivity index (χ1n) is 7.22. The first kappa shape index (κ1) is 16.0. The summed E-state index contributed by atoms with van der Waals surface area (Å²) in [6, 6.07) is 8.22. The van der Waals surface area contributed by atoms with Crippen LogP contribution in [0.1, 0.15) is 45.4 Å². The van der Waals surface area contributed by atoms with Crippen LogP contribution in [0.2, 0.25) is 0 Å². The van der Waals surface area contributed by atoms with E-state index >= 15 is 0 Å². The molecule has 3 nitrogen and oxygen atoms in total. The van der Waals surface area contributed by atoms with Crippen molar-refractivity contribution in [2.75, 3.05) is 0 Å². The van der Waals surface area contributed by atoms with Gasteiger partial charge in [-0.2, -0.15) is 0 Å². The molecule has 1 N–H and O–H groups in total. The summed E-state index contributed by atoms with van der Waals surface area (Å²) in [6.07, 6.45) is 1.75. The Kier molecular flexibility index (Phi) is 4.67. The third-order valence-corrected chi connectivity index (χ3v) is 4.26. The number of aryl methyl sites for hydroxylation is 1. The van der Waals surface area contributed by atoms with Crippen LogP contribution in [0, 0.1) is 0 Å². The molecule has 1 aromatic carbocycles. The van der Waals surface area contributed by atoms with E-state index in [1.165, 1.54) is 5.56 Å². The molecule has 0 radical (unpaired) electrons. The van der Waals surface area contributed by atoms with Crippen LogP contribution in [-0.4, -0.2) is 9.97 Å². The van der Waals surface area contributed by atoms with Crippen LogP contribution >= 0.6 is 15.9 Å². The van der Waals surface area contributed by atoms with Gasteiger partial charge in [-0.15, -0.1) is 0 Å². The second kappa shape index (κ2) is 6.14. The maximum absolute atomic E-state index is 12.0. The van der Waals surface area contributed by atoms with Gasteiger partial charge < -0.3 is 4.98 Å². The molecule has 0 bridgehead atoms. The van der Waals surface area contributed by atoms with Crippen LogP contribution in [0.15, 0.2) is 33.5 Å². The lowest BCUT2D eigenvalue weighted by Crippen LogP contribution is -2.14. The number of hydrogen-bond acceptors (Lipinski definition) is 2. The van der Waals surface area contributed by atoms with E-state index in [1.807, 2.05) is 12.1 Å².